The normalized spacial score (nSPS) is 39.3. The zero-order valence-electron chi connectivity index (χ0n) is 7.75. The van der Waals surface area contributed by atoms with Crippen molar-refractivity contribution in [3.63, 3.8) is 0 Å². The average molecular weight is 154 g/mol. The Balaban J connectivity index is 1.86. The van der Waals surface area contributed by atoms with Crippen molar-refractivity contribution in [2.75, 3.05) is 20.6 Å². The van der Waals surface area contributed by atoms with E-state index < -0.39 is 0 Å². The Labute approximate surface area is 69.2 Å². The lowest BCUT2D eigenvalue weighted by atomic mass is 9.98. The van der Waals surface area contributed by atoms with Crippen molar-refractivity contribution in [3.05, 3.63) is 0 Å². The number of hydrogen-bond donors (Lipinski definition) is 0. The zero-order valence-corrected chi connectivity index (χ0v) is 7.75. The second-order valence-electron chi connectivity index (χ2n) is 4.14. The minimum Gasteiger partial charge on any atom is -0.300 e. The molecule has 1 aliphatic heterocycles. The monoisotopic (exact) mass is 154 g/mol. The minimum absolute atomic E-state index is 0.778. The fraction of sp³-hybridized carbons (Fsp3) is 1.00. The first kappa shape index (κ1) is 7.56. The average Bonchev–Trinajstić information content (AvgIpc) is 2.80. The summed E-state index contributed by atoms with van der Waals surface area (Å²) >= 11 is 0. The molecule has 64 valence electrons. The second-order valence-corrected chi connectivity index (χ2v) is 4.14. The highest BCUT2D eigenvalue weighted by Crippen LogP contribution is 2.31. The third-order valence-corrected chi connectivity index (χ3v) is 3.37. The first-order valence-corrected chi connectivity index (χ1v) is 4.62. The van der Waals surface area contributed by atoms with Crippen molar-refractivity contribution >= 4 is 0 Å². The van der Waals surface area contributed by atoms with Gasteiger partial charge in [0.25, 0.3) is 0 Å². The van der Waals surface area contributed by atoms with Gasteiger partial charge in [0.05, 0.1) is 0 Å². The van der Waals surface area contributed by atoms with E-state index in [9.17, 15) is 0 Å². The molecule has 0 aromatic carbocycles. The maximum Gasteiger partial charge on any atom is 0.0375 e. The van der Waals surface area contributed by atoms with Gasteiger partial charge in [-0.25, -0.2) is 0 Å². The zero-order chi connectivity index (χ0) is 8.01. The third kappa shape index (κ3) is 1.18. The number of hydrogen-bond acceptors (Lipinski definition) is 2. The van der Waals surface area contributed by atoms with Gasteiger partial charge < -0.3 is 4.90 Å². The van der Waals surface area contributed by atoms with Crippen molar-refractivity contribution in [3.8, 4) is 0 Å². The van der Waals surface area contributed by atoms with Gasteiger partial charge in [0.15, 0.2) is 0 Å². The molecule has 11 heavy (non-hydrogen) atoms. The number of nitrogens with zero attached hydrogens (tertiary/aromatic N) is 2. The maximum absolute atomic E-state index is 2.57. The van der Waals surface area contributed by atoms with E-state index in [0.717, 1.165) is 18.1 Å². The lowest BCUT2D eigenvalue weighted by Gasteiger charge is -2.48. The van der Waals surface area contributed by atoms with Crippen LogP contribution in [0, 0.1) is 0 Å². The largest absolute Gasteiger partial charge is 0.300 e. The summed E-state index contributed by atoms with van der Waals surface area (Å²) in [5.41, 5.74) is 0. The molecule has 1 saturated carbocycles. The third-order valence-electron chi connectivity index (χ3n) is 3.37. The Morgan fingerprint density at radius 1 is 1.36 bits per heavy atom. The lowest BCUT2D eigenvalue weighted by molar-refractivity contribution is 0.00741. The van der Waals surface area contributed by atoms with Crippen LogP contribution in [0.1, 0.15) is 19.8 Å². The number of likely N-dealkylation sites (N-methyl/N-ethyl adjacent to an activating group) is 2. The Kier molecular flexibility index (Phi) is 1.69. The number of likely N-dealkylation sites (tertiary alicyclic amines) is 1. The molecule has 1 heterocycles. The second kappa shape index (κ2) is 2.46. The van der Waals surface area contributed by atoms with Crippen LogP contribution in [0.5, 0.6) is 0 Å². The van der Waals surface area contributed by atoms with E-state index >= 15 is 0 Å². The fourth-order valence-electron chi connectivity index (χ4n) is 1.99. The van der Waals surface area contributed by atoms with Crippen molar-refractivity contribution in [1.82, 2.24) is 9.80 Å². The van der Waals surface area contributed by atoms with E-state index in [1.54, 1.807) is 0 Å². The Bertz CT molecular complexity index is 154. The van der Waals surface area contributed by atoms with Crippen LogP contribution < -0.4 is 0 Å². The summed E-state index contributed by atoms with van der Waals surface area (Å²) in [6.45, 7) is 3.60. The van der Waals surface area contributed by atoms with Crippen LogP contribution in [-0.2, 0) is 0 Å². The first-order chi connectivity index (χ1) is 5.20. The summed E-state index contributed by atoms with van der Waals surface area (Å²) in [5, 5.41) is 0. The van der Waals surface area contributed by atoms with Gasteiger partial charge in [-0.3, -0.25) is 4.90 Å². The highest BCUT2D eigenvalue weighted by Gasteiger charge is 2.40. The van der Waals surface area contributed by atoms with Crippen LogP contribution in [0.2, 0.25) is 0 Å². The molecular weight excluding hydrogens is 136 g/mol. The van der Waals surface area contributed by atoms with E-state index in [1.165, 1.54) is 19.4 Å². The Morgan fingerprint density at radius 3 is 2.36 bits per heavy atom. The Morgan fingerprint density at radius 2 is 2.00 bits per heavy atom. The summed E-state index contributed by atoms with van der Waals surface area (Å²) in [7, 11) is 4.49. The molecule has 2 atom stereocenters. The van der Waals surface area contributed by atoms with E-state index in [-0.39, 0.29) is 0 Å². The summed E-state index contributed by atoms with van der Waals surface area (Å²) in [6, 6.07) is 2.55. The van der Waals surface area contributed by atoms with Crippen molar-refractivity contribution in [2.45, 2.75) is 37.9 Å². The molecule has 0 aromatic heterocycles. The highest BCUT2D eigenvalue weighted by atomic mass is 15.3. The smallest absolute Gasteiger partial charge is 0.0375 e. The van der Waals surface area contributed by atoms with Crippen molar-refractivity contribution in [2.24, 2.45) is 0 Å². The van der Waals surface area contributed by atoms with Gasteiger partial charge in [0, 0.05) is 24.7 Å². The molecule has 2 heteroatoms. The van der Waals surface area contributed by atoms with Crippen LogP contribution in [0.25, 0.3) is 0 Å². The fourth-order valence-corrected chi connectivity index (χ4v) is 1.99. The standard InChI is InChI=1S/C9H18N2/c1-7-9(6-10(7)2)11(3)8-4-5-8/h7-9H,4-6H2,1-3H3. The van der Waals surface area contributed by atoms with Gasteiger partial charge in [-0.2, -0.15) is 0 Å². The molecule has 2 unspecified atom stereocenters. The van der Waals surface area contributed by atoms with Gasteiger partial charge in [0.1, 0.15) is 0 Å². The molecule has 2 fully saturated rings. The van der Waals surface area contributed by atoms with E-state index in [1.807, 2.05) is 0 Å². The van der Waals surface area contributed by atoms with E-state index in [2.05, 4.69) is 30.8 Å². The SMILES string of the molecule is CC1C(N(C)C2CC2)CN1C. The van der Waals surface area contributed by atoms with Gasteiger partial charge >= 0.3 is 0 Å². The molecule has 2 aliphatic rings. The first-order valence-electron chi connectivity index (χ1n) is 4.62. The number of rotatable bonds is 2. The van der Waals surface area contributed by atoms with Gasteiger partial charge in [-0.1, -0.05) is 0 Å². The quantitative estimate of drug-likeness (QED) is 0.580. The molecule has 2 rings (SSSR count). The minimum atomic E-state index is 0.778. The molecule has 2 nitrogen and oxygen atoms in total. The maximum atomic E-state index is 2.57. The molecule has 0 N–H and O–H groups in total. The molecule has 1 saturated heterocycles. The van der Waals surface area contributed by atoms with Crippen LogP contribution in [0.4, 0.5) is 0 Å². The van der Waals surface area contributed by atoms with E-state index in [4.69, 9.17) is 0 Å². The lowest BCUT2D eigenvalue weighted by Crippen LogP contribution is -2.63. The van der Waals surface area contributed by atoms with Crippen LogP contribution in [0.15, 0.2) is 0 Å². The van der Waals surface area contributed by atoms with Crippen LogP contribution in [-0.4, -0.2) is 48.6 Å². The molecule has 0 amide bonds. The predicted octanol–water partition coefficient (Wildman–Crippen LogP) is 0.783. The van der Waals surface area contributed by atoms with Gasteiger partial charge in [-0.15, -0.1) is 0 Å². The molecular formula is C9H18N2. The van der Waals surface area contributed by atoms with Crippen molar-refractivity contribution < 1.29 is 0 Å². The highest BCUT2D eigenvalue weighted by molar-refractivity contribution is 4.98. The molecule has 1 aliphatic carbocycles. The summed E-state index contributed by atoms with van der Waals surface area (Å²) < 4.78 is 0. The molecule has 0 radical (unpaired) electrons. The predicted molar refractivity (Wildman–Crippen MR) is 46.7 cm³/mol. The summed E-state index contributed by atoms with van der Waals surface area (Å²) in [5.74, 6) is 0. The van der Waals surface area contributed by atoms with Crippen LogP contribution >= 0.6 is 0 Å². The molecule has 0 spiro atoms. The van der Waals surface area contributed by atoms with E-state index in [0.29, 0.717) is 0 Å². The Hall–Kier alpha value is -0.0800. The molecule has 0 aromatic rings. The summed E-state index contributed by atoms with van der Waals surface area (Å²) in [6.07, 6.45) is 2.87. The summed E-state index contributed by atoms with van der Waals surface area (Å²) in [4.78, 5) is 4.99. The van der Waals surface area contributed by atoms with Crippen molar-refractivity contribution in [1.29, 1.82) is 0 Å². The van der Waals surface area contributed by atoms with Gasteiger partial charge in [-0.05, 0) is 33.9 Å². The van der Waals surface area contributed by atoms with Gasteiger partial charge in [0.2, 0.25) is 0 Å². The molecule has 0 bridgehead atoms. The topological polar surface area (TPSA) is 6.48 Å². The van der Waals surface area contributed by atoms with Crippen LogP contribution in [0.3, 0.4) is 0 Å².